The summed E-state index contributed by atoms with van der Waals surface area (Å²) in [6, 6.07) is 87.9. The van der Waals surface area contributed by atoms with Crippen LogP contribution in [0.25, 0.3) is 82.8 Å². The standard InChI is InChI=1S/C58H40N2/c1-2-19-41(20-3-1)47-24-6-7-25-48(47)49-26-8-9-27-50(49)51-28-10-13-32-54(51)59(44-39-37-43(38-40-44)46-31-18-22-42-21-4-5-23-45(42)46)57-35-16-17-36-58(57)60-55-33-14-11-29-52(55)53-30-12-15-34-56(53)60/h1-40H. The van der Waals surface area contributed by atoms with E-state index >= 15 is 0 Å². The summed E-state index contributed by atoms with van der Waals surface area (Å²) in [4.78, 5) is 2.46. The van der Waals surface area contributed by atoms with Gasteiger partial charge in [-0.15, -0.1) is 0 Å². The highest BCUT2D eigenvalue weighted by Gasteiger charge is 2.24. The minimum atomic E-state index is 1.07. The first-order valence-electron chi connectivity index (χ1n) is 20.6. The molecule has 0 spiro atoms. The second-order valence-electron chi connectivity index (χ2n) is 15.2. The van der Waals surface area contributed by atoms with Gasteiger partial charge in [0.25, 0.3) is 0 Å². The number of rotatable bonds is 8. The normalized spacial score (nSPS) is 11.3. The van der Waals surface area contributed by atoms with Crippen molar-refractivity contribution < 1.29 is 0 Å². The van der Waals surface area contributed by atoms with Gasteiger partial charge < -0.3 is 9.47 Å². The molecule has 11 aromatic rings. The second kappa shape index (κ2) is 15.1. The maximum atomic E-state index is 2.46. The Balaban J connectivity index is 1.15. The smallest absolute Gasteiger partial charge is 0.0702 e. The van der Waals surface area contributed by atoms with Crippen molar-refractivity contribution in [3.8, 4) is 50.2 Å². The third-order valence-electron chi connectivity index (χ3n) is 11.8. The molecule has 0 atom stereocenters. The zero-order chi connectivity index (χ0) is 39.8. The summed E-state index contributed by atoms with van der Waals surface area (Å²) >= 11 is 0. The Labute approximate surface area is 350 Å². The number of benzene rings is 10. The van der Waals surface area contributed by atoms with Crippen LogP contribution in [0.4, 0.5) is 17.1 Å². The van der Waals surface area contributed by atoms with E-state index in [-0.39, 0.29) is 0 Å². The molecule has 0 unspecified atom stereocenters. The molecule has 60 heavy (non-hydrogen) atoms. The summed E-state index contributed by atoms with van der Waals surface area (Å²) < 4.78 is 2.43. The largest absolute Gasteiger partial charge is 0.308 e. The van der Waals surface area contributed by atoms with Crippen molar-refractivity contribution >= 4 is 49.6 Å². The molecular weight excluding hydrogens is 725 g/mol. The number of nitrogens with zero attached hydrogens (tertiary/aromatic N) is 2. The van der Waals surface area contributed by atoms with E-state index in [1.165, 1.54) is 71.5 Å². The van der Waals surface area contributed by atoms with Crippen LogP contribution in [0.2, 0.25) is 0 Å². The van der Waals surface area contributed by atoms with E-state index in [1.54, 1.807) is 0 Å². The first-order valence-corrected chi connectivity index (χ1v) is 20.6. The second-order valence-corrected chi connectivity index (χ2v) is 15.2. The average Bonchev–Trinajstić information content (AvgIpc) is 3.66. The Morgan fingerprint density at radius 1 is 0.267 bits per heavy atom. The van der Waals surface area contributed by atoms with Crippen molar-refractivity contribution in [3.63, 3.8) is 0 Å². The van der Waals surface area contributed by atoms with E-state index in [1.807, 2.05) is 0 Å². The molecular formula is C58H40N2. The molecule has 0 saturated heterocycles. The third kappa shape index (κ3) is 6.06. The SMILES string of the molecule is c1ccc(-c2ccccc2-c2ccccc2-c2ccccc2N(c2ccc(-c3cccc4ccccc34)cc2)c2ccccc2-n2c3ccccc3c3ccccc32)cc1. The van der Waals surface area contributed by atoms with Gasteiger partial charge in [-0.2, -0.15) is 0 Å². The molecule has 0 saturated carbocycles. The summed E-state index contributed by atoms with van der Waals surface area (Å²) in [5, 5.41) is 4.96. The third-order valence-corrected chi connectivity index (χ3v) is 11.8. The van der Waals surface area contributed by atoms with Crippen LogP contribution < -0.4 is 4.90 Å². The predicted octanol–water partition coefficient (Wildman–Crippen LogP) is 16.1. The van der Waals surface area contributed by atoms with Crippen LogP contribution >= 0.6 is 0 Å². The number of hydrogen-bond donors (Lipinski definition) is 0. The lowest BCUT2D eigenvalue weighted by atomic mass is 9.88. The van der Waals surface area contributed by atoms with Gasteiger partial charge in [0, 0.05) is 22.0 Å². The van der Waals surface area contributed by atoms with E-state index in [0.29, 0.717) is 0 Å². The fraction of sp³-hybridized carbons (Fsp3) is 0. The maximum Gasteiger partial charge on any atom is 0.0702 e. The van der Waals surface area contributed by atoms with Gasteiger partial charge in [0.05, 0.1) is 28.1 Å². The van der Waals surface area contributed by atoms with Gasteiger partial charge in [-0.05, 0) is 92.2 Å². The number of fused-ring (bicyclic) bond motifs is 4. The Morgan fingerprint density at radius 3 is 1.42 bits per heavy atom. The molecule has 0 amide bonds. The molecule has 0 radical (unpaired) electrons. The molecule has 10 aromatic carbocycles. The zero-order valence-corrected chi connectivity index (χ0v) is 33.0. The van der Waals surface area contributed by atoms with Gasteiger partial charge in [0.1, 0.15) is 0 Å². The highest BCUT2D eigenvalue weighted by Crippen LogP contribution is 2.47. The number of para-hydroxylation sites is 5. The lowest BCUT2D eigenvalue weighted by Gasteiger charge is -2.31. The summed E-state index contributed by atoms with van der Waals surface area (Å²) in [6.07, 6.45) is 0. The van der Waals surface area contributed by atoms with Crippen LogP contribution in [-0.4, -0.2) is 4.57 Å². The molecule has 1 aromatic heterocycles. The number of hydrogen-bond acceptors (Lipinski definition) is 1. The van der Waals surface area contributed by atoms with E-state index < -0.39 is 0 Å². The van der Waals surface area contributed by atoms with Crippen molar-refractivity contribution in [3.05, 3.63) is 243 Å². The van der Waals surface area contributed by atoms with Crippen molar-refractivity contribution in [2.45, 2.75) is 0 Å². The molecule has 1 heterocycles. The highest BCUT2D eigenvalue weighted by molar-refractivity contribution is 6.10. The summed E-state index contributed by atoms with van der Waals surface area (Å²) in [6.45, 7) is 0. The molecule has 2 nitrogen and oxygen atoms in total. The van der Waals surface area contributed by atoms with Gasteiger partial charge in [-0.25, -0.2) is 0 Å². The Bertz CT molecular complexity index is 3260. The van der Waals surface area contributed by atoms with Gasteiger partial charge in [0.15, 0.2) is 0 Å². The first-order chi connectivity index (χ1) is 29.8. The molecule has 282 valence electrons. The molecule has 0 aliphatic rings. The molecule has 0 fully saturated rings. The Hall–Kier alpha value is -7.94. The van der Waals surface area contributed by atoms with Crippen LogP contribution in [0.3, 0.4) is 0 Å². The molecule has 2 heteroatoms. The Morgan fingerprint density at radius 2 is 0.717 bits per heavy atom. The summed E-state index contributed by atoms with van der Waals surface area (Å²) in [5.74, 6) is 0. The van der Waals surface area contributed by atoms with Crippen LogP contribution in [0, 0.1) is 0 Å². The summed E-state index contributed by atoms with van der Waals surface area (Å²) in [7, 11) is 0. The van der Waals surface area contributed by atoms with E-state index in [2.05, 4.69) is 252 Å². The minimum absolute atomic E-state index is 1.07. The van der Waals surface area contributed by atoms with E-state index in [4.69, 9.17) is 0 Å². The molecule has 0 N–H and O–H groups in total. The fourth-order valence-corrected chi connectivity index (χ4v) is 9.14. The first kappa shape index (κ1) is 35.2. The maximum absolute atomic E-state index is 2.46. The van der Waals surface area contributed by atoms with Crippen LogP contribution in [0.5, 0.6) is 0 Å². The van der Waals surface area contributed by atoms with Crippen molar-refractivity contribution in [1.82, 2.24) is 4.57 Å². The Kier molecular flexibility index (Phi) is 8.87. The minimum Gasteiger partial charge on any atom is -0.308 e. The molecule has 0 aliphatic heterocycles. The van der Waals surface area contributed by atoms with E-state index in [0.717, 1.165) is 28.3 Å². The predicted molar refractivity (Wildman–Crippen MR) is 255 cm³/mol. The van der Waals surface area contributed by atoms with Crippen LogP contribution in [0.1, 0.15) is 0 Å². The monoisotopic (exact) mass is 764 g/mol. The van der Waals surface area contributed by atoms with Crippen molar-refractivity contribution in [1.29, 1.82) is 0 Å². The fourth-order valence-electron chi connectivity index (χ4n) is 9.14. The van der Waals surface area contributed by atoms with Crippen LogP contribution in [-0.2, 0) is 0 Å². The molecule has 0 bridgehead atoms. The lowest BCUT2D eigenvalue weighted by Crippen LogP contribution is -2.14. The quantitative estimate of drug-likeness (QED) is 0.150. The summed E-state index contributed by atoms with van der Waals surface area (Å²) in [5.41, 5.74) is 16.2. The van der Waals surface area contributed by atoms with Gasteiger partial charge >= 0.3 is 0 Å². The molecule has 0 aliphatic carbocycles. The van der Waals surface area contributed by atoms with E-state index in [9.17, 15) is 0 Å². The van der Waals surface area contributed by atoms with Gasteiger partial charge in [-0.1, -0.05) is 200 Å². The average molecular weight is 765 g/mol. The van der Waals surface area contributed by atoms with Gasteiger partial charge in [0.2, 0.25) is 0 Å². The zero-order valence-electron chi connectivity index (χ0n) is 33.0. The molecule has 11 rings (SSSR count). The number of aromatic nitrogens is 1. The van der Waals surface area contributed by atoms with Crippen molar-refractivity contribution in [2.75, 3.05) is 4.90 Å². The van der Waals surface area contributed by atoms with Crippen molar-refractivity contribution in [2.24, 2.45) is 0 Å². The van der Waals surface area contributed by atoms with Gasteiger partial charge in [-0.3, -0.25) is 0 Å². The lowest BCUT2D eigenvalue weighted by molar-refractivity contribution is 1.15. The number of anilines is 3. The highest BCUT2D eigenvalue weighted by atomic mass is 15.2. The van der Waals surface area contributed by atoms with Crippen LogP contribution in [0.15, 0.2) is 243 Å². The topological polar surface area (TPSA) is 8.17 Å².